The predicted molar refractivity (Wildman–Crippen MR) is 59.9 cm³/mol. The molecule has 0 amide bonds. The van der Waals surface area contributed by atoms with Gasteiger partial charge in [-0.1, -0.05) is 18.7 Å². The van der Waals surface area contributed by atoms with Crippen LogP contribution in [0.3, 0.4) is 0 Å². The molecule has 0 fully saturated rings. The van der Waals surface area contributed by atoms with E-state index < -0.39 is 39.8 Å². The topological polar surface area (TPSA) is 121 Å². The van der Waals surface area contributed by atoms with Crippen molar-refractivity contribution in [3.63, 3.8) is 0 Å². The molecule has 0 aromatic carbocycles. The molecule has 2 atom stereocenters. The van der Waals surface area contributed by atoms with Crippen LogP contribution in [-0.4, -0.2) is 36.3 Å². The molecular weight excluding hydrogens is 303 g/mol. The van der Waals surface area contributed by atoms with Crippen LogP contribution in [0.4, 0.5) is 0 Å². The van der Waals surface area contributed by atoms with Gasteiger partial charge in [0.2, 0.25) is 0 Å². The Kier molecular flexibility index (Phi) is 11.0. The second-order valence-corrected chi connectivity index (χ2v) is 4.91. The van der Waals surface area contributed by atoms with Crippen molar-refractivity contribution in [2.24, 2.45) is 0 Å². The van der Waals surface area contributed by atoms with Crippen LogP contribution in [0.15, 0.2) is 25.3 Å². The van der Waals surface area contributed by atoms with E-state index in [-0.39, 0.29) is 57.8 Å². The number of carbonyl (C=O) groups excluding carboxylic acids is 2. The minimum absolute atomic E-state index is 0. The molecule has 7 nitrogen and oxygen atoms in total. The summed E-state index contributed by atoms with van der Waals surface area (Å²) in [7, 11) is -4.88. The average Bonchev–Trinajstić information content (AvgIpc) is 2.23. The first-order valence-electron chi connectivity index (χ1n) is 4.82. The van der Waals surface area contributed by atoms with E-state index >= 15 is 0 Å². The summed E-state index contributed by atoms with van der Waals surface area (Å²) in [6, 6.07) is 0. The van der Waals surface area contributed by atoms with Crippen molar-refractivity contribution >= 4 is 22.1 Å². The number of carbonyl (C=O) groups is 2. The summed E-state index contributed by atoms with van der Waals surface area (Å²) in [5, 5.41) is 8.10. The van der Waals surface area contributed by atoms with Crippen LogP contribution in [0.25, 0.3) is 0 Å². The van der Waals surface area contributed by atoms with Gasteiger partial charge < -0.3 is 14.6 Å². The zero-order chi connectivity index (χ0) is 14.3. The molecule has 19 heavy (non-hydrogen) atoms. The largest absolute Gasteiger partial charge is 1.00 e. The van der Waals surface area contributed by atoms with Crippen molar-refractivity contribution in [1.29, 1.82) is 0 Å². The van der Waals surface area contributed by atoms with E-state index in [1.54, 1.807) is 0 Å². The molecule has 0 heterocycles. The Morgan fingerprint density at radius 2 is 1.89 bits per heavy atom. The number of rotatable bonds is 8. The molecule has 102 valence electrons. The normalized spacial score (nSPS) is 13.5. The molecule has 0 rings (SSSR count). The maximum absolute atomic E-state index is 11.4. The summed E-state index contributed by atoms with van der Waals surface area (Å²) in [6.07, 6.45) is 0.774. The number of carboxylic acids is 1. The standard InChI is InChI=1S/C10H14O7S.K/c1-3-5-7(4-2)17-10(13)8(6-9(11)12)18(14,15)16;/h3-4,7-8H,1-2,5-6H2,(H,11,12)(H,14,15,16);/q;+1/p-1. The van der Waals surface area contributed by atoms with Gasteiger partial charge in [0.25, 0.3) is 10.1 Å². The third-order valence-electron chi connectivity index (χ3n) is 1.90. The quantitative estimate of drug-likeness (QED) is 0.210. The Morgan fingerprint density at radius 1 is 1.37 bits per heavy atom. The Hall–Kier alpha value is -0.0336. The average molecular weight is 316 g/mol. The molecule has 0 aromatic rings. The van der Waals surface area contributed by atoms with Crippen LogP contribution in [0.1, 0.15) is 12.8 Å². The summed E-state index contributed by atoms with van der Waals surface area (Å²) in [6.45, 7) is 6.74. The maximum Gasteiger partial charge on any atom is 1.00 e. The van der Waals surface area contributed by atoms with Crippen LogP contribution >= 0.6 is 0 Å². The first-order valence-corrected chi connectivity index (χ1v) is 6.32. The van der Waals surface area contributed by atoms with Gasteiger partial charge in [0.1, 0.15) is 6.10 Å². The Balaban J connectivity index is 0. The molecule has 0 spiro atoms. The Bertz CT molecular complexity index is 443. The van der Waals surface area contributed by atoms with Crippen molar-refractivity contribution in [1.82, 2.24) is 0 Å². The van der Waals surface area contributed by atoms with Crippen molar-refractivity contribution in [2.75, 3.05) is 0 Å². The smallest absolute Gasteiger partial charge is 0.550 e. The van der Waals surface area contributed by atoms with Gasteiger partial charge in [0, 0.05) is 18.8 Å². The zero-order valence-corrected chi connectivity index (χ0v) is 14.4. The Labute approximate surface area is 153 Å². The van der Waals surface area contributed by atoms with Crippen molar-refractivity contribution in [3.8, 4) is 0 Å². The fourth-order valence-corrected chi connectivity index (χ4v) is 1.69. The third kappa shape index (κ3) is 8.68. The van der Waals surface area contributed by atoms with E-state index in [2.05, 4.69) is 17.9 Å². The van der Waals surface area contributed by atoms with Crippen molar-refractivity contribution in [2.45, 2.75) is 24.2 Å². The molecule has 9 heteroatoms. The number of hydrogen-bond acceptors (Lipinski definition) is 6. The van der Waals surface area contributed by atoms with E-state index in [9.17, 15) is 23.1 Å². The molecule has 0 saturated heterocycles. The first-order chi connectivity index (χ1) is 8.22. The summed E-state index contributed by atoms with van der Waals surface area (Å²) < 4.78 is 35.1. The van der Waals surface area contributed by atoms with E-state index in [0.29, 0.717) is 0 Å². The van der Waals surface area contributed by atoms with Gasteiger partial charge in [-0.05, 0) is 0 Å². The van der Waals surface area contributed by atoms with Crippen LogP contribution in [0.2, 0.25) is 0 Å². The fourth-order valence-electron chi connectivity index (χ4n) is 1.04. The molecular formula is C10H13KO7S. The van der Waals surface area contributed by atoms with Crippen LogP contribution < -0.4 is 56.5 Å². The van der Waals surface area contributed by atoms with Crippen molar-refractivity contribution in [3.05, 3.63) is 25.3 Å². The van der Waals surface area contributed by atoms with Gasteiger partial charge in [-0.15, -0.1) is 6.58 Å². The van der Waals surface area contributed by atoms with Gasteiger partial charge in [-0.3, -0.25) is 9.35 Å². The second kappa shape index (κ2) is 9.81. The van der Waals surface area contributed by atoms with E-state index in [4.69, 9.17) is 4.55 Å². The second-order valence-electron chi connectivity index (χ2n) is 3.32. The minimum Gasteiger partial charge on any atom is -0.550 e. The Morgan fingerprint density at radius 3 is 2.21 bits per heavy atom. The minimum atomic E-state index is -4.88. The molecule has 0 aliphatic heterocycles. The van der Waals surface area contributed by atoms with E-state index in [1.165, 1.54) is 12.2 Å². The number of esters is 1. The summed E-state index contributed by atoms with van der Waals surface area (Å²) in [4.78, 5) is 21.7. The summed E-state index contributed by atoms with van der Waals surface area (Å²) >= 11 is 0. The van der Waals surface area contributed by atoms with E-state index in [1.807, 2.05) is 0 Å². The van der Waals surface area contributed by atoms with Gasteiger partial charge in [-0.25, -0.2) is 0 Å². The van der Waals surface area contributed by atoms with Gasteiger partial charge >= 0.3 is 57.4 Å². The number of aliphatic carboxylic acids is 1. The van der Waals surface area contributed by atoms with Crippen LogP contribution in [0, 0.1) is 0 Å². The maximum atomic E-state index is 11.4. The molecule has 0 aromatic heterocycles. The number of ether oxygens (including phenoxy) is 1. The van der Waals surface area contributed by atoms with Crippen LogP contribution in [-0.2, 0) is 24.4 Å². The molecule has 0 radical (unpaired) electrons. The molecule has 2 unspecified atom stereocenters. The molecule has 0 aliphatic carbocycles. The molecule has 0 aliphatic rings. The number of hydrogen-bond donors (Lipinski definition) is 1. The summed E-state index contributed by atoms with van der Waals surface area (Å²) in [5.41, 5.74) is 0. The fraction of sp³-hybridized carbons (Fsp3) is 0.400. The SMILES string of the molecule is C=CCC(C=C)OC(=O)C(CC(=O)[O-])S(=O)(=O)O.[K+]. The zero-order valence-electron chi connectivity index (χ0n) is 10.4. The monoisotopic (exact) mass is 316 g/mol. The third-order valence-corrected chi connectivity index (χ3v) is 2.98. The first kappa shape index (κ1) is 21.3. The van der Waals surface area contributed by atoms with E-state index in [0.717, 1.165) is 0 Å². The van der Waals surface area contributed by atoms with Gasteiger partial charge in [-0.2, -0.15) is 8.42 Å². The van der Waals surface area contributed by atoms with Gasteiger partial charge in [0.15, 0.2) is 5.25 Å². The molecule has 0 bridgehead atoms. The summed E-state index contributed by atoms with van der Waals surface area (Å²) in [5.74, 6) is -3.18. The van der Waals surface area contributed by atoms with Crippen LogP contribution in [0.5, 0.6) is 0 Å². The van der Waals surface area contributed by atoms with Gasteiger partial charge in [0.05, 0.1) is 0 Å². The van der Waals surface area contributed by atoms with Crippen molar-refractivity contribution < 1.29 is 83.8 Å². The molecule has 1 N–H and O–H groups in total. The predicted octanol–water partition coefficient (Wildman–Crippen LogP) is -3.94. The number of carboxylic acid groups (broad SMARTS) is 1. The molecule has 0 saturated carbocycles.